The first-order valence-corrected chi connectivity index (χ1v) is 15.0. The van der Waals surface area contributed by atoms with Crippen LogP contribution in [0.5, 0.6) is 0 Å². The van der Waals surface area contributed by atoms with E-state index in [0.717, 1.165) is 30.4 Å². The summed E-state index contributed by atoms with van der Waals surface area (Å²) in [5.74, 6) is -0.294. The molecule has 2 fully saturated rings. The molecule has 0 bridgehead atoms. The predicted octanol–water partition coefficient (Wildman–Crippen LogP) is 6.08. The van der Waals surface area contributed by atoms with Gasteiger partial charge in [0.25, 0.3) is 0 Å². The lowest BCUT2D eigenvalue weighted by molar-refractivity contribution is 0.610. The van der Waals surface area contributed by atoms with Gasteiger partial charge < -0.3 is 10.6 Å². The molecule has 2 aromatic heterocycles. The summed E-state index contributed by atoms with van der Waals surface area (Å²) in [6.45, 7) is 0. The van der Waals surface area contributed by atoms with E-state index in [-0.39, 0.29) is 23.7 Å². The minimum Gasteiger partial charge on any atom is -0.378 e. The molecular formula is C33H27BClFN8. The van der Waals surface area contributed by atoms with Crippen LogP contribution in [0, 0.1) is 40.3 Å². The summed E-state index contributed by atoms with van der Waals surface area (Å²) in [6, 6.07) is 24.8. The third-order valence-electron chi connectivity index (χ3n) is 8.70. The monoisotopic (exact) mass is 600 g/mol. The first-order chi connectivity index (χ1) is 21.4. The molecule has 44 heavy (non-hydrogen) atoms. The van der Waals surface area contributed by atoms with E-state index in [1.54, 1.807) is 18.2 Å². The van der Waals surface area contributed by atoms with Crippen LogP contribution in [0.1, 0.15) is 53.7 Å². The highest BCUT2D eigenvalue weighted by Gasteiger charge is 2.44. The second kappa shape index (κ2) is 11.0. The van der Waals surface area contributed by atoms with E-state index in [1.165, 1.54) is 18.3 Å². The fourth-order valence-electron chi connectivity index (χ4n) is 5.94. The molecule has 2 saturated carbocycles. The van der Waals surface area contributed by atoms with Crippen molar-refractivity contribution in [3.8, 4) is 12.1 Å². The number of pyridine rings is 1. The van der Waals surface area contributed by atoms with Crippen molar-refractivity contribution >= 4 is 41.7 Å². The summed E-state index contributed by atoms with van der Waals surface area (Å²) in [5.41, 5.74) is 3.78. The van der Waals surface area contributed by atoms with Gasteiger partial charge in [-0.25, -0.2) is 9.07 Å². The van der Waals surface area contributed by atoms with Gasteiger partial charge in [0.1, 0.15) is 25.4 Å². The molecule has 11 heteroatoms. The summed E-state index contributed by atoms with van der Waals surface area (Å²) in [5, 5.41) is 37.0. The van der Waals surface area contributed by atoms with Crippen molar-refractivity contribution in [3.63, 3.8) is 0 Å². The lowest BCUT2D eigenvalue weighted by atomic mass is 9.69. The normalized spacial score (nSPS) is 19.4. The molecule has 2 heterocycles. The van der Waals surface area contributed by atoms with Gasteiger partial charge in [0.2, 0.25) is 0 Å². The van der Waals surface area contributed by atoms with Crippen LogP contribution in [0.4, 0.5) is 15.8 Å². The number of fused-ring (bicyclic) bond motifs is 1. The molecule has 0 amide bonds. The summed E-state index contributed by atoms with van der Waals surface area (Å²) in [6.07, 6.45) is 6.37. The highest BCUT2D eigenvalue weighted by atomic mass is 35.5. The Labute approximate surface area is 259 Å². The Hall–Kier alpha value is -4.93. The second-order valence-corrected chi connectivity index (χ2v) is 12.2. The third kappa shape index (κ3) is 5.12. The third-order valence-corrected chi connectivity index (χ3v) is 8.99. The Kier molecular flexibility index (Phi) is 6.95. The van der Waals surface area contributed by atoms with E-state index in [9.17, 15) is 14.9 Å². The number of anilines is 2. The highest BCUT2D eigenvalue weighted by molar-refractivity contribution is 6.36. The molecule has 5 aromatic rings. The molecule has 0 spiro atoms. The summed E-state index contributed by atoms with van der Waals surface area (Å²) >= 11 is 6.86. The van der Waals surface area contributed by atoms with E-state index < -0.39 is 5.44 Å². The maximum Gasteiger partial charge on any atom is 0.148 e. The zero-order valence-electron chi connectivity index (χ0n) is 23.9. The van der Waals surface area contributed by atoms with Gasteiger partial charge in [-0.1, -0.05) is 59.3 Å². The van der Waals surface area contributed by atoms with Gasteiger partial charge in [-0.2, -0.15) is 10.5 Å². The Morgan fingerprint density at radius 1 is 1.09 bits per heavy atom. The Morgan fingerprint density at radius 3 is 2.55 bits per heavy atom. The highest BCUT2D eigenvalue weighted by Crippen LogP contribution is 2.49. The number of rotatable bonds is 9. The quantitative estimate of drug-likeness (QED) is 0.197. The average molecular weight is 601 g/mol. The number of nitriles is 2. The number of hydrogen-bond acceptors (Lipinski definition) is 7. The summed E-state index contributed by atoms with van der Waals surface area (Å²) < 4.78 is 15.9. The molecule has 0 saturated heterocycles. The van der Waals surface area contributed by atoms with Gasteiger partial charge in [0.15, 0.2) is 0 Å². The first kappa shape index (κ1) is 27.9. The SMILES string of the molecule is BC(Nc1cc(Cl)c2ncc(C#N)c(NC(c3ccccc3)C3CC3C#N)c2c1)(c1ccc(F)cc1)c1cn(C2CC2)nn1. The first-order valence-electron chi connectivity index (χ1n) is 14.6. The van der Waals surface area contributed by atoms with Gasteiger partial charge >= 0.3 is 0 Å². The van der Waals surface area contributed by atoms with Crippen molar-refractivity contribution < 1.29 is 4.39 Å². The Bertz CT molecular complexity index is 1950. The van der Waals surface area contributed by atoms with E-state index in [0.29, 0.717) is 44.6 Å². The topological polar surface area (TPSA) is 115 Å². The second-order valence-electron chi connectivity index (χ2n) is 11.8. The number of halogens is 2. The maximum absolute atomic E-state index is 14.0. The smallest absolute Gasteiger partial charge is 0.148 e. The van der Waals surface area contributed by atoms with Crippen LogP contribution < -0.4 is 10.6 Å². The molecule has 7 rings (SSSR count). The molecule has 2 aliphatic carbocycles. The van der Waals surface area contributed by atoms with Crippen LogP contribution in [0.15, 0.2) is 79.1 Å². The Morgan fingerprint density at radius 2 is 1.86 bits per heavy atom. The molecule has 4 atom stereocenters. The van der Waals surface area contributed by atoms with Crippen molar-refractivity contribution in [1.82, 2.24) is 20.0 Å². The van der Waals surface area contributed by atoms with Gasteiger partial charge in [-0.15, -0.1) is 5.10 Å². The zero-order chi connectivity index (χ0) is 30.4. The number of nitrogens with one attached hydrogen (secondary N) is 2. The number of nitrogens with zero attached hydrogens (tertiary/aromatic N) is 6. The van der Waals surface area contributed by atoms with Crippen LogP contribution in [0.3, 0.4) is 0 Å². The standard InChI is InChI=1S/C33H27BClFN8/c34-33(22-6-8-23(36)9-7-22,29-18-44(43-42-29)25-10-11-25)41-24-13-27-31(21(16-38)17-39-32(27)28(35)14-24)40-30(26-12-20(26)15-37)19-4-2-1-3-5-19/h1-9,13-14,17-18,20,25-26,30,41H,10-12,34H2,(H,39,40). The number of aromatic nitrogens is 4. The molecule has 2 aliphatic rings. The van der Waals surface area contributed by atoms with Gasteiger partial charge in [-0.3, -0.25) is 4.98 Å². The lowest BCUT2D eigenvalue weighted by Gasteiger charge is -2.31. The van der Waals surface area contributed by atoms with Crippen molar-refractivity contribution in [2.75, 3.05) is 10.6 Å². The average Bonchev–Trinajstić information content (AvgIpc) is 3.98. The molecule has 0 aliphatic heterocycles. The minimum absolute atomic E-state index is 0.0624. The zero-order valence-corrected chi connectivity index (χ0v) is 24.6. The molecule has 0 radical (unpaired) electrons. The van der Waals surface area contributed by atoms with E-state index in [1.807, 2.05) is 55.1 Å². The Balaban J connectivity index is 1.33. The largest absolute Gasteiger partial charge is 0.378 e. The molecule has 3 aromatic carbocycles. The van der Waals surface area contributed by atoms with Gasteiger partial charge in [-0.05, 0) is 54.7 Å². The molecule has 4 unspecified atom stereocenters. The van der Waals surface area contributed by atoms with Crippen molar-refractivity contribution in [3.05, 3.63) is 112 Å². The van der Waals surface area contributed by atoms with Crippen LogP contribution >= 0.6 is 11.6 Å². The van der Waals surface area contributed by atoms with Crippen molar-refractivity contribution in [1.29, 1.82) is 10.5 Å². The van der Waals surface area contributed by atoms with Gasteiger partial charge in [0.05, 0.1) is 57.5 Å². The number of hydrogen-bond donors (Lipinski definition) is 2. The van der Waals surface area contributed by atoms with Crippen LogP contribution in [-0.2, 0) is 5.44 Å². The fourth-order valence-corrected chi connectivity index (χ4v) is 6.20. The van der Waals surface area contributed by atoms with Crippen LogP contribution in [0.25, 0.3) is 10.9 Å². The lowest BCUT2D eigenvalue weighted by Crippen LogP contribution is -2.37. The summed E-state index contributed by atoms with van der Waals surface area (Å²) in [4.78, 5) is 4.54. The fraction of sp³-hybridized carbons (Fsp3) is 0.242. The van der Waals surface area contributed by atoms with Gasteiger partial charge in [0, 0.05) is 23.2 Å². The van der Waals surface area contributed by atoms with Crippen molar-refractivity contribution in [2.24, 2.45) is 11.8 Å². The minimum atomic E-state index is -0.897. The van der Waals surface area contributed by atoms with E-state index >= 15 is 0 Å². The van der Waals surface area contributed by atoms with Crippen molar-refractivity contribution in [2.45, 2.75) is 36.8 Å². The van der Waals surface area contributed by atoms with E-state index in [2.05, 4.69) is 38.1 Å². The number of benzene rings is 3. The molecule has 216 valence electrons. The summed E-state index contributed by atoms with van der Waals surface area (Å²) in [7, 11) is 1.98. The van der Waals surface area contributed by atoms with Crippen LogP contribution in [0.2, 0.25) is 5.02 Å². The molecule has 8 nitrogen and oxygen atoms in total. The maximum atomic E-state index is 14.0. The van der Waals surface area contributed by atoms with Crippen LogP contribution in [-0.4, -0.2) is 27.8 Å². The molecular weight excluding hydrogens is 574 g/mol. The van der Waals surface area contributed by atoms with E-state index in [4.69, 9.17) is 11.6 Å². The predicted molar refractivity (Wildman–Crippen MR) is 169 cm³/mol. The molecule has 2 N–H and O–H groups in total.